The van der Waals surface area contributed by atoms with Crippen molar-refractivity contribution >= 4 is 16.8 Å². The highest BCUT2D eigenvalue weighted by Gasteiger charge is 2.27. The van der Waals surface area contributed by atoms with Crippen LogP contribution in [-0.2, 0) is 10.2 Å². The summed E-state index contributed by atoms with van der Waals surface area (Å²) in [6.45, 7) is 6.67. The van der Waals surface area contributed by atoms with Crippen molar-refractivity contribution in [2.75, 3.05) is 0 Å². The van der Waals surface area contributed by atoms with Crippen LogP contribution in [0.4, 0.5) is 0 Å². The van der Waals surface area contributed by atoms with Crippen molar-refractivity contribution in [1.29, 1.82) is 0 Å². The predicted octanol–water partition coefficient (Wildman–Crippen LogP) is 5.27. The van der Waals surface area contributed by atoms with Crippen molar-refractivity contribution in [3.63, 3.8) is 0 Å². The molecule has 1 atom stereocenters. The SMILES string of the molecule is CC(C)(C)c1ccc([C@@H](CC(=O)NC2CC2)c2c[nH]c3ccccc23)cc1. The Morgan fingerprint density at radius 1 is 1.11 bits per heavy atom. The molecule has 0 bridgehead atoms. The van der Waals surface area contributed by atoms with E-state index in [9.17, 15) is 4.79 Å². The van der Waals surface area contributed by atoms with E-state index in [1.54, 1.807) is 0 Å². The number of amides is 1. The number of hydrogen-bond donors (Lipinski definition) is 2. The summed E-state index contributed by atoms with van der Waals surface area (Å²) in [5.41, 5.74) is 4.94. The third-order valence-electron chi connectivity index (χ3n) is 5.51. The van der Waals surface area contributed by atoms with E-state index in [1.807, 2.05) is 6.07 Å². The van der Waals surface area contributed by atoms with Gasteiger partial charge in [0.2, 0.25) is 5.91 Å². The summed E-state index contributed by atoms with van der Waals surface area (Å²) < 4.78 is 0. The Kier molecular flexibility index (Phi) is 4.55. The van der Waals surface area contributed by atoms with Crippen LogP contribution in [0.3, 0.4) is 0 Å². The number of H-pyrrole nitrogens is 1. The second-order valence-electron chi connectivity index (χ2n) is 8.76. The zero-order chi connectivity index (χ0) is 19.0. The smallest absolute Gasteiger partial charge is 0.221 e. The van der Waals surface area contributed by atoms with Gasteiger partial charge >= 0.3 is 0 Å². The number of carbonyl (C=O) groups is 1. The summed E-state index contributed by atoms with van der Waals surface area (Å²) >= 11 is 0. The second kappa shape index (κ2) is 6.88. The molecule has 3 nitrogen and oxygen atoms in total. The van der Waals surface area contributed by atoms with Gasteiger partial charge < -0.3 is 10.3 Å². The standard InChI is InChI=1S/C24H28N2O/c1-24(2,3)17-10-8-16(9-11-17)20(14-23(27)26-18-12-13-18)21-15-25-22-7-5-4-6-19(21)22/h4-11,15,18,20,25H,12-14H2,1-3H3,(H,26,27)/t20-/m1/s1. The van der Waals surface area contributed by atoms with Crippen LogP contribution in [0, 0.1) is 0 Å². The van der Waals surface area contributed by atoms with Gasteiger partial charge in [0.25, 0.3) is 0 Å². The molecular weight excluding hydrogens is 332 g/mol. The predicted molar refractivity (Wildman–Crippen MR) is 111 cm³/mol. The molecule has 3 heteroatoms. The molecule has 0 aliphatic heterocycles. The Morgan fingerprint density at radius 3 is 2.48 bits per heavy atom. The molecule has 4 rings (SSSR count). The van der Waals surface area contributed by atoms with Gasteiger partial charge in [-0.15, -0.1) is 0 Å². The zero-order valence-electron chi connectivity index (χ0n) is 16.4. The summed E-state index contributed by atoms with van der Waals surface area (Å²) in [6, 6.07) is 17.5. The van der Waals surface area contributed by atoms with Crippen molar-refractivity contribution < 1.29 is 4.79 Å². The molecule has 0 spiro atoms. The molecule has 2 aromatic carbocycles. The molecule has 0 radical (unpaired) electrons. The largest absolute Gasteiger partial charge is 0.361 e. The highest BCUT2D eigenvalue weighted by Crippen LogP contribution is 2.35. The lowest BCUT2D eigenvalue weighted by molar-refractivity contribution is -0.121. The maximum atomic E-state index is 12.6. The highest BCUT2D eigenvalue weighted by atomic mass is 16.1. The molecule has 1 aliphatic carbocycles. The molecule has 1 aromatic heterocycles. The first kappa shape index (κ1) is 17.8. The van der Waals surface area contributed by atoms with Crippen molar-refractivity contribution in [2.45, 2.75) is 57.4 Å². The first-order valence-electron chi connectivity index (χ1n) is 9.87. The van der Waals surface area contributed by atoms with E-state index in [0.717, 1.165) is 18.4 Å². The number of para-hydroxylation sites is 1. The van der Waals surface area contributed by atoms with E-state index in [-0.39, 0.29) is 17.2 Å². The molecule has 2 N–H and O–H groups in total. The summed E-state index contributed by atoms with van der Waals surface area (Å²) in [5.74, 6) is 0.196. The fourth-order valence-corrected chi connectivity index (χ4v) is 3.70. The summed E-state index contributed by atoms with van der Waals surface area (Å²) in [7, 11) is 0. The first-order valence-corrected chi connectivity index (χ1v) is 9.87. The van der Waals surface area contributed by atoms with Crippen LogP contribution in [0.2, 0.25) is 0 Å². The average molecular weight is 361 g/mol. The van der Waals surface area contributed by atoms with E-state index in [1.165, 1.54) is 22.1 Å². The topological polar surface area (TPSA) is 44.9 Å². The van der Waals surface area contributed by atoms with Gasteiger partial charge in [-0.3, -0.25) is 4.79 Å². The van der Waals surface area contributed by atoms with Gasteiger partial charge in [-0.2, -0.15) is 0 Å². The van der Waals surface area contributed by atoms with Crippen LogP contribution in [-0.4, -0.2) is 16.9 Å². The van der Waals surface area contributed by atoms with E-state index in [0.29, 0.717) is 12.5 Å². The van der Waals surface area contributed by atoms with Gasteiger partial charge in [-0.1, -0.05) is 63.2 Å². The minimum absolute atomic E-state index is 0.0499. The van der Waals surface area contributed by atoms with Gasteiger partial charge in [-0.05, 0) is 41.0 Å². The fraction of sp³-hybridized carbons (Fsp3) is 0.375. The van der Waals surface area contributed by atoms with E-state index in [4.69, 9.17) is 0 Å². The maximum absolute atomic E-state index is 12.6. The number of carbonyl (C=O) groups excluding carboxylic acids is 1. The molecule has 1 fully saturated rings. The summed E-state index contributed by atoms with van der Waals surface area (Å²) in [6.07, 6.45) is 4.78. The Labute approximate surface area is 161 Å². The number of fused-ring (bicyclic) bond motifs is 1. The van der Waals surface area contributed by atoms with E-state index in [2.05, 4.69) is 79.7 Å². The van der Waals surface area contributed by atoms with E-state index < -0.39 is 0 Å². The highest BCUT2D eigenvalue weighted by molar-refractivity contribution is 5.86. The molecule has 3 aromatic rings. The Balaban J connectivity index is 1.70. The molecule has 1 amide bonds. The normalized spacial score (nSPS) is 15.7. The molecule has 1 heterocycles. The Bertz CT molecular complexity index is 942. The lowest BCUT2D eigenvalue weighted by Gasteiger charge is -2.22. The summed E-state index contributed by atoms with van der Waals surface area (Å²) in [4.78, 5) is 16.0. The van der Waals surface area contributed by atoms with Crippen LogP contribution in [0.25, 0.3) is 10.9 Å². The third-order valence-corrected chi connectivity index (χ3v) is 5.51. The summed E-state index contributed by atoms with van der Waals surface area (Å²) in [5, 5.41) is 4.35. The van der Waals surface area contributed by atoms with Gasteiger partial charge in [0.15, 0.2) is 0 Å². The van der Waals surface area contributed by atoms with Gasteiger partial charge in [0, 0.05) is 35.5 Å². The second-order valence-corrected chi connectivity index (χ2v) is 8.76. The van der Waals surface area contributed by atoms with Gasteiger partial charge in [-0.25, -0.2) is 0 Å². The van der Waals surface area contributed by atoms with Gasteiger partial charge in [0.1, 0.15) is 0 Å². The van der Waals surface area contributed by atoms with Crippen LogP contribution in [0.5, 0.6) is 0 Å². The van der Waals surface area contributed by atoms with E-state index >= 15 is 0 Å². The van der Waals surface area contributed by atoms with Crippen LogP contribution < -0.4 is 5.32 Å². The average Bonchev–Trinajstić information content (AvgIpc) is 3.35. The van der Waals surface area contributed by atoms with Crippen LogP contribution in [0.15, 0.2) is 54.7 Å². The number of benzene rings is 2. The molecule has 27 heavy (non-hydrogen) atoms. The number of aromatic amines is 1. The van der Waals surface area contributed by atoms with Crippen molar-refractivity contribution in [1.82, 2.24) is 10.3 Å². The number of nitrogens with one attached hydrogen (secondary N) is 2. The number of rotatable bonds is 5. The molecule has 0 unspecified atom stereocenters. The van der Waals surface area contributed by atoms with Crippen molar-refractivity contribution in [2.24, 2.45) is 0 Å². The maximum Gasteiger partial charge on any atom is 0.221 e. The molecule has 1 saturated carbocycles. The van der Waals surface area contributed by atoms with Crippen LogP contribution in [0.1, 0.15) is 62.6 Å². The molecular formula is C24H28N2O. The third kappa shape index (κ3) is 3.92. The van der Waals surface area contributed by atoms with Crippen molar-refractivity contribution in [3.05, 3.63) is 71.4 Å². The lowest BCUT2D eigenvalue weighted by atomic mass is 9.83. The fourth-order valence-electron chi connectivity index (χ4n) is 3.70. The molecule has 0 saturated heterocycles. The quantitative estimate of drug-likeness (QED) is 0.640. The van der Waals surface area contributed by atoms with Crippen LogP contribution >= 0.6 is 0 Å². The minimum Gasteiger partial charge on any atom is -0.361 e. The Hall–Kier alpha value is -2.55. The number of aromatic nitrogens is 1. The number of hydrogen-bond acceptors (Lipinski definition) is 1. The zero-order valence-corrected chi connectivity index (χ0v) is 16.4. The van der Waals surface area contributed by atoms with Crippen molar-refractivity contribution in [3.8, 4) is 0 Å². The molecule has 1 aliphatic rings. The van der Waals surface area contributed by atoms with Gasteiger partial charge in [0.05, 0.1) is 0 Å². The first-order chi connectivity index (χ1) is 12.9. The molecule has 140 valence electrons. The minimum atomic E-state index is 0.0499. The Morgan fingerprint density at radius 2 is 1.81 bits per heavy atom. The lowest BCUT2D eigenvalue weighted by Crippen LogP contribution is -2.27. The monoisotopic (exact) mass is 360 g/mol.